The number of methoxy groups -OCH3 is 1. The lowest BCUT2D eigenvalue weighted by Crippen LogP contribution is -2.39. The Hall–Kier alpha value is -1.52. The molecule has 0 bridgehead atoms. The van der Waals surface area contributed by atoms with E-state index >= 15 is 0 Å². The zero-order chi connectivity index (χ0) is 16.1. The molecule has 0 aliphatic carbocycles. The van der Waals surface area contributed by atoms with Crippen LogP contribution < -0.4 is 0 Å². The van der Waals surface area contributed by atoms with Crippen molar-refractivity contribution in [1.82, 2.24) is 4.90 Å². The van der Waals surface area contributed by atoms with Gasteiger partial charge in [0.05, 0.1) is 23.1 Å². The molecule has 1 fully saturated rings. The highest BCUT2D eigenvalue weighted by Gasteiger charge is 2.26. The van der Waals surface area contributed by atoms with Crippen molar-refractivity contribution < 1.29 is 14.3 Å². The quantitative estimate of drug-likeness (QED) is 0.625. The molecule has 1 aliphatic rings. The molecule has 22 heavy (non-hydrogen) atoms. The van der Waals surface area contributed by atoms with Crippen molar-refractivity contribution in [3.05, 3.63) is 39.9 Å². The summed E-state index contributed by atoms with van der Waals surface area (Å²) < 4.78 is 4.73. The van der Waals surface area contributed by atoms with Crippen molar-refractivity contribution >= 4 is 41.2 Å². The Bertz CT molecular complexity index is 593. The third kappa shape index (κ3) is 4.24. The van der Waals surface area contributed by atoms with Gasteiger partial charge in [-0.25, -0.2) is 0 Å². The summed E-state index contributed by atoms with van der Waals surface area (Å²) in [6, 6.07) is 5.19. The van der Waals surface area contributed by atoms with E-state index < -0.39 is 0 Å². The molecular formula is C16H17Cl2NO3. The Morgan fingerprint density at radius 3 is 2.50 bits per heavy atom. The molecule has 1 amide bonds. The Morgan fingerprint density at radius 1 is 1.23 bits per heavy atom. The lowest BCUT2D eigenvalue weighted by Gasteiger charge is -2.29. The SMILES string of the molecule is COC(=O)C1CCN(C(=O)/C=C/c2ccc(Cl)c(Cl)c2)CC1. The second-order valence-corrected chi connectivity index (χ2v) is 5.94. The van der Waals surface area contributed by atoms with E-state index in [1.54, 1.807) is 29.2 Å². The second kappa shape index (κ2) is 7.65. The number of hydrogen-bond donors (Lipinski definition) is 0. The van der Waals surface area contributed by atoms with Crippen molar-refractivity contribution in [3.8, 4) is 0 Å². The van der Waals surface area contributed by atoms with E-state index in [0.29, 0.717) is 36.0 Å². The van der Waals surface area contributed by atoms with Crippen LogP contribution in [0, 0.1) is 5.92 Å². The van der Waals surface area contributed by atoms with E-state index in [1.165, 1.54) is 13.2 Å². The fraction of sp³-hybridized carbons (Fsp3) is 0.375. The average Bonchev–Trinajstić information content (AvgIpc) is 2.55. The lowest BCUT2D eigenvalue weighted by atomic mass is 9.97. The number of carbonyl (C=O) groups is 2. The normalized spacial score (nSPS) is 16.0. The van der Waals surface area contributed by atoms with Crippen LogP contribution in [0.25, 0.3) is 6.08 Å². The fourth-order valence-corrected chi connectivity index (χ4v) is 2.70. The number of rotatable bonds is 3. The first-order valence-corrected chi connectivity index (χ1v) is 7.76. The van der Waals surface area contributed by atoms with Gasteiger partial charge in [-0.05, 0) is 36.6 Å². The highest BCUT2D eigenvalue weighted by molar-refractivity contribution is 6.42. The first kappa shape index (κ1) is 16.8. The standard InChI is InChI=1S/C16H17Cl2NO3/c1-22-16(21)12-6-8-19(9-7-12)15(20)5-3-11-2-4-13(17)14(18)10-11/h2-5,10,12H,6-9H2,1H3/b5-3+. The summed E-state index contributed by atoms with van der Waals surface area (Å²) in [5.41, 5.74) is 0.812. The molecule has 0 radical (unpaired) electrons. The molecular weight excluding hydrogens is 325 g/mol. The van der Waals surface area contributed by atoms with Crippen LogP contribution in [0.3, 0.4) is 0 Å². The summed E-state index contributed by atoms with van der Waals surface area (Å²) in [7, 11) is 1.39. The maximum atomic E-state index is 12.1. The minimum absolute atomic E-state index is 0.0746. The first-order valence-electron chi connectivity index (χ1n) is 7.01. The molecule has 1 aromatic carbocycles. The summed E-state index contributed by atoms with van der Waals surface area (Å²) in [5.74, 6) is -0.374. The van der Waals surface area contributed by atoms with Gasteiger partial charge in [0, 0.05) is 19.2 Å². The molecule has 6 heteroatoms. The number of ether oxygens (including phenoxy) is 1. The highest BCUT2D eigenvalue weighted by atomic mass is 35.5. The van der Waals surface area contributed by atoms with Gasteiger partial charge in [0.1, 0.15) is 0 Å². The topological polar surface area (TPSA) is 46.6 Å². The van der Waals surface area contributed by atoms with Crippen LogP contribution in [-0.2, 0) is 14.3 Å². The molecule has 0 unspecified atom stereocenters. The third-order valence-electron chi connectivity index (χ3n) is 3.70. The highest BCUT2D eigenvalue weighted by Crippen LogP contribution is 2.23. The maximum Gasteiger partial charge on any atom is 0.308 e. The molecule has 1 saturated heterocycles. The zero-order valence-electron chi connectivity index (χ0n) is 12.2. The minimum atomic E-state index is -0.196. The lowest BCUT2D eigenvalue weighted by molar-refractivity contribution is -0.148. The van der Waals surface area contributed by atoms with Crippen LogP contribution in [0.5, 0.6) is 0 Å². The van der Waals surface area contributed by atoms with Gasteiger partial charge in [-0.15, -0.1) is 0 Å². The van der Waals surface area contributed by atoms with Crippen LogP contribution in [0.4, 0.5) is 0 Å². The Labute approximate surface area is 139 Å². The van der Waals surface area contributed by atoms with Gasteiger partial charge in [0.25, 0.3) is 0 Å². The Balaban J connectivity index is 1.91. The molecule has 0 spiro atoms. The summed E-state index contributed by atoms with van der Waals surface area (Å²) in [5, 5.41) is 0.935. The summed E-state index contributed by atoms with van der Waals surface area (Å²) >= 11 is 11.8. The largest absolute Gasteiger partial charge is 0.469 e. The number of nitrogens with zero attached hydrogens (tertiary/aromatic N) is 1. The van der Waals surface area contributed by atoms with Crippen LogP contribution in [-0.4, -0.2) is 37.0 Å². The van der Waals surface area contributed by atoms with E-state index in [2.05, 4.69) is 0 Å². The second-order valence-electron chi connectivity index (χ2n) is 5.13. The van der Waals surface area contributed by atoms with E-state index in [-0.39, 0.29) is 17.8 Å². The van der Waals surface area contributed by atoms with E-state index in [9.17, 15) is 9.59 Å². The van der Waals surface area contributed by atoms with Crippen molar-refractivity contribution in [1.29, 1.82) is 0 Å². The van der Waals surface area contributed by atoms with Gasteiger partial charge in [-0.3, -0.25) is 9.59 Å². The van der Waals surface area contributed by atoms with Gasteiger partial charge in [-0.2, -0.15) is 0 Å². The Kier molecular flexibility index (Phi) is 5.86. The molecule has 1 aliphatic heterocycles. The number of carbonyl (C=O) groups excluding carboxylic acids is 2. The predicted molar refractivity (Wildman–Crippen MR) is 86.8 cm³/mol. The molecule has 118 valence electrons. The third-order valence-corrected chi connectivity index (χ3v) is 4.44. The molecule has 1 aromatic rings. The van der Waals surface area contributed by atoms with E-state index in [0.717, 1.165) is 5.56 Å². The van der Waals surface area contributed by atoms with Crippen molar-refractivity contribution in [2.24, 2.45) is 5.92 Å². The summed E-state index contributed by atoms with van der Waals surface area (Å²) in [4.78, 5) is 25.3. The number of hydrogen-bond acceptors (Lipinski definition) is 3. The average molecular weight is 342 g/mol. The van der Waals surface area contributed by atoms with Crippen molar-refractivity contribution in [3.63, 3.8) is 0 Å². The summed E-state index contributed by atoms with van der Waals surface area (Å²) in [6.07, 6.45) is 4.49. The molecule has 0 aromatic heterocycles. The smallest absolute Gasteiger partial charge is 0.308 e. The molecule has 0 N–H and O–H groups in total. The zero-order valence-corrected chi connectivity index (χ0v) is 13.7. The van der Waals surface area contributed by atoms with E-state index in [4.69, 9.17) is 27.9 Å². The van der Waals surface area contributed by atoms with Crippen molar-refractivity contribution in [2.45, 2.75) is 12.8 Å². The molecule has 0 atom stereocenters. The predicted octanol–water partition coefficient (Wildman–Crippen LogP) is 3.42. The first-order chi connectivity index (χ1) is 10.5. The summed E-state index contributed by atoms with van der Waals surface area (Å²) in [6.45, 7) is 1.12. The Morgan fingerprint density at radius 2 is 1.91 bits per heavy atom. The van der Waals surface area contributed by atoms with Gasteiger partial charge in [0.2, 0.25) is 5.91 Å². The maximum absolute atomic E-state index is 12.1. The fourth-order valence-electron chi connectivity index (χ4n) is 2.39. The monoisotopic (exact) mass is 341 g/mol. The number of piperidine rings is 1. The molecule has 2 rings (SSSR count). The van der Waals surface area contributed by atoms with Crippen LogP contribution >= 0.6 is 23.2 Å². The van der Waals surface area contributed by atoms with Crippen molar-refractivity contribution in [2.75, 3.05) is 20.2 Å². The number of esters is 1. The minimum Gasteiger partial charge on any atom is -0.469 e. The number of likely N-dealkylation sites (tertiary alicyclic amines) is 1. The van der Waals surface area contributed by atoms with Gasteiger partial charge < -0.3 is 9.64 Å². The van der Waals surface area contributed by atoms with Gasteiger partial charge >= 0.3 is 5.97 Å². The van der Waals surface area contributed by atoms with Gasteiger partial charge in [-0.1, -0.05) is 29.3 Å². The van der Waals surface area contributed by atoms with E-state index in [1.807, 2.05) is 0 Å². The van der Waals surface area contributed by atoms with Crippen LogP contribution in [0.2, 0.25) is 10.0 Å². The number of halogens is 2. The number of amides is 1. The molecule has 4 nitrogen and oxygen atoms in total. The van der Waals surface area contributed by atoms with Gasteiger partial charge in [0.15, 0.2) is 0 Å². The molecule has 1 heterocycles. The van der Waals surface area contributed by atoms with Crippen LogP contribution in [0.1, 0.15) is 18.4 Å². The molecule has 0 saturated carbocycles. The number of benzene rings is 1. The van der Waals surface area contributed by atoms with Crippen LogP contribution in [0.15, 0.2) is 24.3 Å².